The predicted octanol–water partition coefficient (Wildman–Crippen LogP) is 1.87. The van der Waals surface area contributed by atoms with Crippen LogP contribution >= 0.6 is 0 Å². The minimum absolute atomic E-state index is 0.129. The first kappa shape index (κ1) is 31.4. The van der Waals surface area contributed by atoms with E-state index in [4.69, 9.17) is 9.47 Å². The summed E-state index contributed by atoms with van der Waals surface area (Å²) >= 11 is 0. The molecule has 1 spiro atoms. The lowest BCUT2D eigenvalue weighted by Crippen LogP contribution is -2.58. The normalized spacial score (nSPS) is 28.9. The van der Waals surface area contributed by atoms with E-state index in [-0.39, 0.29) is 24.3 Å². The van der Waals surface area contributed by atoms with Gasteiger partial charge in [-0.1, -0.05) is 49.4 Å². The van der Waals surface area contributed by atoms with E-state index in [9.17, 15) is 19.5 Å². The summed E-state index contributed by atoms with van der Waals surface area (Å²) in [7, 11) is 0. The summed E-state index contributed by atoms with van der Waals surface area (Å²) in [6.45, 7) is 14.6. The second-order valence-corrected chi connectivity index (χ2v) is 12.0. The van der Waals surface area contributed by atoms with Crippen molar-refractivity contribution in [3.05, 3.63) is 61.2 Å². The average molecular weight is 595 g/mol. The van der Waals surface area contributed by atoms with Gasteiger partial charge in [0.2, 0.25) is 17.7 Å². The lowest BCUT2D eigenvalue weighted by atomic mass is 9.70. The molecule has 4 saturated heterocycles. The highest BCUT2D eigenvalue weighted by atomic mass is 16.5. The molecule has 2 unspecified atom stereocenters. The molecule has 10 heteroatoms. The van der Waals surface area contributed by atoms with Crippen LogP contribution in [0.5, 0.6) is 0 Å². The molecule has 4 aliphatic heterocycles. The van der Waals surface area contributed by atoms with Crippen molar-refractivity contribution in [2.24, 2.45) is 11.8 Å². The van der Waals surface area contributed by atoms with Gasteiger partial charge in [-0.2, -0.15) is 0 Å². The Labute approximate surface area is 254 Å². The summed E-state index contributed by atoms with van der Waals surface area (Å²) in [6, 6.07) is 7.56. The SMILES string of the molecule is C=CCN(CCN1CCOCC1)C(=O)C1N([C@H](CO)c2ccccc2)C(=O)[C@@H]2[C@H](C(=O)N(CC=C)CCC)[C@@H]3CCC12O3. The van der Waals surface area contributed by atoms with Gasteiger partial charge in [0, 0.05) is 45.8 Å². The van der Waals surface area contributed by atoms with Crippen LogP contribution < -0.4 is 0 Å². The van der Waals surface area contributed by atoms with E-state index in [1.54, 1.807) is 26.9 Å². The number of carbonyl (C=O) groups excluding carboxylic acids is 3. The zero-order valence-electron chi connectivity index (χ0n) is 25.3. The third kappa shape index (κ3) is 5.78. The van der Waals surface area contributed by atoms with Crippen LogP contribution in [0.4, 0.5) is 0 Å². The summed E-state index contributed by atoms with van der Waals surface area (Å²) in [5, 5.41) is 10.7. The van der Waals surface area contributed by atoms with Crippen molar-refractivity contribution >= 4 is 17.7 Å². The maximum absolute atomic E-state index is 14.7. The Morgan fingerprint density at radius 3 is 2.40 bits per heavy atom. The van der Waals surface area contributed by atoms with Crippen molar-refractivity contribution < 1.29 is 29.0 Å². The van der Waals surface area contributed by atoms with Gasteiger partial charge in [-0.15, -0.1) is 13.2 Å². The van der Waals surface area contributed by atoms with Gasteiger partial charge in [0.15, 0.2) is 0 Å². The van der Waals surface area contributed by atoms with Crippen molar-refractivity contribution in [3.8, 4) is 0 Å². The molecular formula is C33H46N4O6. The van der Waals surface area contributed by atoms with E-state index in [0.717, 1.165) is 25.1 Å². The minimum atomic E-state index is -1.15. The lowest BCUT2D eigenvalue weighted by molar-refractivity contribution is -0.152. The summed E-state index contributed by atoms with van der Waals surface area (Å²) in [4.78, 5) is 50.7. The lowest BCUT2D eigenvalue weighted by Gasteiger charge is -2.40. The molecule has 6 atom stereocenters. The molecule has 0 aromatic heterocycles. The maximum Gasteiger partial charge on any atom is 0.248 e. The van der Waals surface area contributed by atoms with Gasteiger partial charge in [-0.3, -0.25) is 19.3 Å². The first-order valence-electron chi connectivity index (χ1n) is 15.7. The molecule has 4 aliphatic rings. The molecule has 2 bridgehead atoms. The van der Waals surface area contributed by atoms with Gasteiger partial charge >= 0.3 is 0 Å². The largest absolute Gasteiger partial charge is 0.394 e. The molecule has 0 radical (unpaired) electrons. The van der Waals surface area contributed by atoms with Crippen molar-refractivity contribution in [2.45, 2.75) is 50.0 Å². The van der Waals surface area contributed by atoms with E-state index >= 15 is 0 Å². The topological polar surface area (TPSA) is 103 Å². The number of morpholine rings is 1. The Bertz CT molecular complexity index is 1170. The molecule has 1 N–H and O–H groups in total. The molecule has 1 aromatic rings. The van der Waals surface area contributed by atoms with Gasteiger partial charge in [-0.25, -0.2) is 0 Å². The van der Waals surface area contributed by atoms with Crippen LogP contribution in [-0.2, 0) is 23.9 Å². The summed E-state index contributed by atoms with van der Waals surface area (Å²) in [5.74, 6) is -2.16. The van der Waals surface area contributed by atoms with Crippen molar-refractivity contribution in [3.63, 3.8) is 0 Å². The number of hydrogen-bond acceptors (Lipinski definition) is 7. The fourth-order valence-corrected chi connectivity index (χ4v) is 7.65. The fraction of sp³-hybridized carbons (Fsp3) is 0.606. The number of likely N-dealkylation sites (tertiary alicyclic amines) is 1. The number of ether oxygens (including phenoxy) is 2. The number of aliphatic hydroxyl groups is 1. The molecule has 0 aliphatic carbocycles. The number of amides is 3. The minimum Gasteiger partial charge on any atom is -0.394 e. The highest BCUT2D eigenvalue weighted by Gasteiger charge is 2.75. The third-order valence-corrected chi connectivity index (χ3v) is 9.56. The Balaban J connectivity index is 1.53. The molecule has 43 heavy (non-hydrogen) atoms. The van der Waals surface area contributed by atoms with Gasteiger partial charge in [0.1, 0.15) is 11.6 Å². The quantitative estimate of drug-likeness (QED) is 0.328. The number of rotatable bonds is 14. The van der Waals surface area contributed by atoms with E-state index in [2.05, 4.69) is 18.1 Å². The van der Waals surface area contributed by atoms with Crippen molar-refractivity contribution in [2.75, 3.05) is 65.6 Å². The molecule has 4 heterocycles. The maximum atomic E-state index is 14.7. The number of fused-ring (bicyclic) bond motifs is 1. The number of aliphatic hydroxyl groups excluding tert-OH is 1. The average Bonchev–Trinajstić information content (AvgIpc) is 3.67. The van der Waals surface area contributed by atoms with Crippen LogP contribution in [0, 0.1) is 11.8 Å². The highest BCUT2D eigenvalue weighted by molar-refractivity contribution is 5.99. The summed E-state index contributed by atoms with van der Waals surface area (Å²) in [6.07, 6.45) is 4.83. The number of benzene rings is 1. The molecule has 0 saturated carbocycles. The third-order valence-electron chi connectivity index (χ3n) is 9.56. The van der Waals surface area contributed by atoms with Gasteiger partial charge in [-0.05, 0) is 24.8 Å². The van der Waals surface area contributed by atoms with Crippen LogP contribution in [0.25, 0.3) is 0 Å². The Morgan fingerprint density at radius 2 is 1.77 bits per heavy atom. The Morgan fingerprint density at radius 1 is 1.09 bits per heavy atom. The van der Waals surface area contributed by atoms with Crippen LogP contribution in [0.3, 0.4) is 0 Å². The molecule has 5 rings (SSSR count). The molecule has 3 amide bonds. The second-order valence-electron chi connectivity index (χ2n) is 12.0. The molecule has 234 valence electrons. The number of nitrogens with zero attached hydrogens (tertiary/aromatic N) is 4. The van der Waals surface area contributed by atoms with Crippen LogP contribution in [-0.4, -0.2) is 126 Å². The van der Waals surface area contributed by atoms with E-state index in [1.807, 2.05) is 37.3 Å². The molecular weight excluding hydrogens is 548 g/mol. The smallest absolute Gasteiger partial charge is 0.248 e. The van der Waals surface area contributed by atoms with Crippen molar-refractivity contribution in [1.29, 1.82) is 0 Å². The first-order chi connectivity index (χ1) is 20.9. The monoisotopic (exact) mass is 594 g/mol. The van der Waals surface area contributed by atoms with Crippen LogP contribution in [0.2, 0.25) is 0 Å². The number of hydrogen-bond donors (Lipinski definition) is 1. The Hall–Kier alpha value is -3.05. The van der Waals surface area contributed by atoms with Crippen LogP contribution in [0.1, 0.15) is 37.8 Å². The van der Waals surface area contributed by atoms with E-state index < -0.39 is 35.6 Å². The van der Waals surface area contributed by atoms with Gasteiger partial charge in [0.05, 0.1) is 43.8 Å². The zero-order chi connectivity index (χ0) is 30.6. The fourth-order valence-electron chi connectivity index (χ4n) is 7.65. The number of carbonyl (C=O) groups is 3. The zero-order valence-corrected chi connectivity index (χ0v) is 25.3. The second kappa shape index (κ2) is 13.7. The standard InChI is InChI=1S/C33H46N4O6/c1-4-14-35(15-5-2)30(39)27-26-12-13-33(43-26)28(27)31(40)37(25(23-38)24-10-8-7-9-11-24)29(33)32(41)36(16-6-3)18-17-34-19-21-42-22-20-34/h4,6-11,25-29,38H,1,3,5,12-23H2,2H3/t25-,26+,27-,28+,29?,33?/m1/s1. The molecule has 10 nitrogen and oxygen atoms in total. The van der Waals surface area contributed by atoms with E-state index in [1.165, 1.54) is 0 Å². The Kier molecular flexibility index (Phi) is 10.0. The first-order valence-corrected chi connectivity index (χ1v) is 15.7. The predicted molar refractivity (Wildman–Crippen MR) is 162 cm³/mol. The van der Waals surface area contributed by atoms with E-state index in [0.29, 0.717) is 58.8 Å². The summed E-state index contributed by atoms with van der Waals surface area (Å²) < 4.78 is 12.2. The highest BCUT2D eigenvalue weighted by Crippen LogP contribution is 2.60. The molecule has 4 fully saturated rings. The van der Waals surface area contributed by atoms with Gasteiger partial charge < -0.3 is 29.3 Å². The van der Waals surface area contributed by atoms with Gasteiger partial charge in [0.25, 0.3) is 0 Å². The molecule has 1 aromatic carbocycles. The van der Waals surface area contributed by atoms with Crippen molar-refractivity contribution in [1.82, 2.24) is 19.6 Å². The summed E-state index contributed by atoms with van der Waals surface area (Å²) in [5.41, 5.74) is -0.418. The van der Waals surface area contributed by atoms with Crippen LogP contribution in [0.15, 0.2) is 55.6 Å².